The van der Waals surface area contributed by atoms with Crippen molar-refractivity contribution in [2.75, 3.05) is 11.9 Å². The van der Waals surface area contributed by atoms with Crippen LogP contribution in [0.4, 0.5) is 10.5 Å². The number of anilines is 1. The minimum atomic E-state index is -0.117. The van der Waals surface area contributed by atoms with Crippen LogP contribution in [0.1, 0.15) is 5.56 Å². The van der Waals surface area contributed by atoms with Crippen LogP contribution in [0.15, 0.2) is 59.1 Å². The molecule has 0 aliphatic heterocycles. The summed E-state index contributed by atoms with van der Waals surface area (Å²) in [6.45, 7) is 0.517. The summed E-state index contributed by atoms with van der Waals surface area (Å²) in [4.78, 5) is 13.6. The van der Waals surface area contributed by atoms with Crippen molar-refractivity contribution in [1.82, 2.24) is 5.32 Å². The molecule has 0 spiro atoms. The van der Waals surface area contributed by atoms with E-state index in [0.717, 1.165) is 15.7 Å². The highest BCUT2D eigenvalue weighted by Gasteiger charge is 2.09. The van der Waals surface area contributed by atoms with Gasteiger partial charge in [0.2, 0.25) is 0 Å². The largest absolute Gasteiger partial charge is 0.334 e. The number of hydrogen-bond donors (Lipinski definition) is 1. The fraction of sp³-hybridized carbons (Fsp3) is 0.133. The number of halogens is 1. The molecule has 0 saturated carbocycles. The van der Waals surface area contributed by atoms with Crippen molar-refractivity contribution in [3.63, 3.8) is 0 Å². The van der Waals surface area contributed by atoms with E-state index in [0.29, 0.717) is 6.54 Å². The van der Waals surface area contributed by atoms with Crippen LogP contribution in [0, 0.1) is 0 Å². The van der Waals surface area contributed by atoms with E-state index in [1.807, 2.05) is 54.6 Å². The van der Waals surface area contributed by atoms with E-state index in [9.17, 15) is 4.79 Å². The molecule has 2 amide bonds. The third-order valence-electron chi connectivity index (χ3n) is 2.81. The van der Waals surface area contributed by atoms with E-state index < -0.39 is 0 Å². The van der Waals surface area contributed by atoms with Gasteiger partial charge in [0, 0.05) is 23.8 Å². The predicted molar refractivity (Wildman–Crippen MR) is 81.2 cm³/mol. The highest BCUT2D eigenvalue weighted by Crippen LogP contribution is 2.12. The molecule has 0 radical (unpaired) electrons. The van der Waals surface area contributed by atoms with Gasteiger partial charge in [-0.05, 0) is 29.8 Å². The fourth-order valence-corrected chi connectivity index (χ4v) is 1.93. The normalized spacial score (nSPS) is 10.0. The van der Waals surface area contributed by atoms with Gasteiger partial charge >= 0.3 is 6.03 Å². The lowest BCUT2D eigenvalue weighted by Gasteiger charge is -2.18. The molecule has 0 saturated heterocycles. The summed E-state index contributed by atoms with van der Waals surface area (Å²) in [7, 11) is 1.76. The summed E-state index contributed by atoms with van der Waals surface area (Å²) in [6.07, 6.45) is 0. The minimum absolute atomic E-state index is 0.117. The van der Waals surface area contributed by atoms with Gasteiger partial charge < -0.3 is 5.32 Å². The Hall–Kier alpha value is -1.81. The van der Waals surface area contributed by atoms with Gasteiger partial charge in [0.1, 0.15) is 0 Å². The number of nitrogens with one attached hydrogen (secondary N) is 1. The van der Waals surface area contributed by atoms with E-state index >= 15 is 0 Å². The van der Waals surface area contributed by atoms with Gasteiger partial charge in [-0.25, -0.2) is 4.79 Å². The number of benzene rings is 2. The molecule has 0 unspecified atom stereocenters. The van der Waals surface area contributed by atoms with Crippen LogP contribution in [0.3, 0.4) is 0 Å². The molecule has 98 valence electrons. The van der Waals surface area contributed by atoms with Crippen molar-refractivity contribution in [2.24, 2.45) is 0 Å². The fourth-order valence-electron chi connectivity index (χ4n) is 1.67. The number of nitrogens with zero attached hydrogens (tertiary/aromatic N) is 1. The lowest BCUT2D eigenvalue weighted by molar-refractivity contribution is 0.247. The smallest absolute Gasteiger partial charge is 0.321 e. The van der Waals surface area contributed by atoms with Crippen LogP contribution in [-0.4, -0.2) is 13.1 Å². The molecule has 0 fully saturated rings. The molecular formula is C15H15BrN2O. The second-order valence-corrected chi connectivity index (χ2v) is 5.10. The van der Waals surface area contributed by atoms with Crippen LogP contribution < -0.4 is 10.2 Å². The Morgan fingerprint density at radius 2 is 1.74 bits per heavy atom. The highest BCUT2D eigenvalue weighted by molar-refractivity contribution is 9.10. The standard InChI is InChI=1S/C15H15BrN2O/c1-18(14-5-3-2-4-6-14)15(19)17-11-12-7-9-13(16)10-8-12/h2-10H,11H2,1H3,(H,17,19). The minimum Gasteiger partial charge on any atom is -0.334 e. The zero-order valence-electron chi connectivity index (χ0n) is 10.6. The van der Waals surface area contributed by atoms with Crippen LogP contribution in [0.5, 0.6) is 0 Å². The van der Waals surface area contributed by atoms with Gasteiger partial charge in [-0.15, -0.1) is 0 Å². The molecule has 3 nitrogen and oxygen atoms in total. The summed E-state index contributed by atoms with van der Waals surface area (Å²) in [5, 5.41) is 2.89. The molecule has 0 aromatic heterocycles. The monoisotopic (exact) mass is 318 g/mol. The Labute approximate surface area is 121 Å². The van der Waals surface area contributed by atoms with Crippen LogP contribution in [-0.2, 0) is 6.54 Å². The topological polar surface area (TPSA) is 32.3 Å². The van der Waals surface area contributed by atoms with Crippen LogP contribution >= 0.6 is 15.9 Å². The molecule has 19 heavy (non-hydrogen) atoms. The lowest BCUT2D eigenvalue weighted by atomic mass is 10.2. The number of hydrogen-bond acceptors (Lipinski definition) is 1. The molecule has 4 heteroatoms. The van der Waals surface area contributed by atoms with Crippen molar-refractivity contribution >= 4 is 27.6 Å². The zero-order chi connectivity index (χ0) is 13.7. The number of para-hydroxylation sites is 1. The van der Waals surface area contributed by atoms with Gasteiger partial charge in [-0.2, -0.15) is 0 Å². The van der Waals surface area contributed by atoms with E-state index in [2.05, 4.69) is 21.2 Å². The Balaban J connectivity index is 1.93. The first-order valence-corrected chi connectivity index (χ1v) is 6.77. The number of carbonyl (C=O) groups is 1. The van der Waals surface area contributed by atoms with Gasteiger partial charge in [-0.1, -0.05) is 46.3 Å². The van der Waals surface area contributed by atoms with Crippen molar-refractivity contribution < 1.29 is 4.79 Å². The maximum Gasteiger partial charge on any atom is 0.321 e. The molecule has 0 heterocycles. The van der Waals surface area contributed by atoms with Crippen LogP contribution in [0.25, 0.3) is 0 Å². The molecular weight excluding hydrogens is 304 g/mol. The first kappa shape index (κ1) is 13.6. The van der Waals surface area contributed by atoms with Crippen molar-refractivity contribution in [3.05, 3.63) is 64.6 Å². The molecule has 0 aliphatic carbocycles. The van der Waals surface area contributed by atoms with Gasteiger partial charge in [0.15, 0.2) is 0 Å². The molecule has 2 aromatic rings. The summed E-state index contributed by atoms with van der Waals surface area (Å²) < 4.78 is 1.03. The Morgan fingerprint density at radius 1 is 1.11 bits per heavy atom. The van der Waals surface area contributed by atoms with Crippen molar-refractivity contribution in [2.45, 2.75) is 6.54 Å². The Kier molecular flexibility index (Phi) is 4.58. The zero-order valence-corrected chi connectivity index (χ0v) is 12.2. The van der Waals surface area contributed by atoms with E-state index in [-0.39, 0.29) is 6.03 Å². The van der Waals surface area contributed by atoms with Crippen molar-refractivity contribution in [3.8, 4) is 0 Å². The third kappa shape index (κ3) is 3.83. The molecule has 0 bridgehead atoms. The summed E-state index contributed by atoms with van der Waals surface area (Å²) in [5.41, 5.74) is 1.94. The Morgan fingerprint density at radius 3 is 2.37 bits per heavy atom. The third-order valence-corrected chi connectivity index (χ3v) is 3.33. The van der Waals surface area contributed by atoms with Crippen LogP contribution in [0.2, 0.25) is 0 Å². The number of carbonyl (C=O) groups excluding carboxylic acids is 1. The average molecular weight is 319 g/mol. The number of urea groups is 1. The SMILES string of the molecule is CN(C(=O)NCc1ccc(Br)cc1)c1ccccc1. The quantitative estimate of drug-likeness (QED) is 0.917. The molecule has 1 N–H and O–H groups in total. The average Bonchev–Trinajstić information content (AvgIpc) is 2.46. The Bertz CT molecular complexity index is 540. The van der Waals surface area contributed by atoms with E-state index in [4.69, 9.17) is 0 Å². The summed E-state index contributed by atoms with van der Waals surface area (Å²) in [5.74, 6) is 0. The molecule has 2 aromatic carbocycles. The van der Waals surface area contributed by atoms with E-state index in [1.54, 1.807) is 11.9 Å². The molecule has 0 aliphatic rings. The first-order valence-electron chi connectivity index (χ1n) is 5.98. The lowest BCUT2D eigenvalue weighted by Crippen LogP contribution is -2.36. The number of amides is 2. The maximum atomic E-state index is 12.0. The van der Waals surface area contributed by atoms with Gasteiger partial charge in [-0.3, -0.25) is 4.90 Å². The maximum absolute atomic E-state index is 12.0. The molecule has 0 atom stereocenters. The first-order chi connectivity index (χ1) is 9.16. The highest BCUT2D eigenvalue weighted by atomic mass is 79.9. The van der Waals surface area contributed by atoms with E-state index in [1.165, 1.54) is 0 Å². The molecule has 2 rings (SSSR count). The predicted octanol–water partition coefficient (Wildman–Crippen LogP) is 3.80. The summed E-state index contributed by atoms with van der Waals surface area (Å²) in [6, 6.07) is 17.3. The summed E-state index contributed by atoms with van der Waals surface area (Å²) >= 11 is 3.38. The second kappa shape index (κ2) is 6.38. The second-order valence-electron chi connectivity index (χ2n) is 4.18. The van der Waals surface area contributed by atoms with Gasteiger partial charge in [0.05, 0.1) is 0 Å². The van der Waals surface area contributed by atoms with Crippen molar-refractivity contribution in [1.29, 1.82) is 0 Å². The number of rotatable bonds is 3. The van der Waals surface area contributed by atoms with Gasteiger partial charge in [0.25, 0.3) is 0 Å².